The van der Waals surface area contributed by atoms with Crippen molar-refractivity contribution >= 4 is 33.0 Å². The van der Waals surface area contributed by atoms with Gasteiger partial charge in [-0.1, -0.05) is 22.0 Å². The maximum Gasteiger partial charge on any atom is 0.150 e. The van der Waals surface area contributed by atoms with Crippen LogP contribution in [0.4, 0.5) is 30.2 Å². The molecule has 2 nitrogen and oxygen atoms in total. The second kappa shape index (κ2) is 4.89. The molecule has 0 aliphatic carbocycles. The van der Waals surface area contributed by atoms with E-state index in [1.165, 1.54) is 12.1 Å². The highest BCUT2D eigenvalue weighted by atomic mass is 79.9. The van der Waals surface area contributed by atoms with E-state index in [2.05, 4.69) is 21.2 Å². The highest BCUT2D eigenvalue weighted by Crippen LogP contribution is 2.30. The van der Waals surface area contributed by atoms with E-state index >= 15 is 0 Å². The Hall–Kier alpha value is -1.69. The summed E-state index contributed by atoms with van der Waals surface area (Å²) in [6.45, 7) is 0. The third kappa shape index (κ3) is 2.43. The van der Waals surface area contributed by atoms with Gasteiger partial charge in [-0.15, -0.1) is 0 Å². The van der Waals surface area contributed by atoms with Crippen molar-refractivity contribution in [2.45, 2.75) is 0 Å². The molecule has 3 N–H and O–H groups in total. The summed E-state index contributed by atoms with van der Waals surface area (Å²) in [7, 11) is 0. The summed E-state index contributed by atoms with van der Waals surface area (Å²) < 4.78 is 40.6. The van der Waals surface area contributed by atoms with E-state index < -0.39 is 17.5 Å². The fourth-order valence-corrected chi connectivity index (χ4v) is 1.84. The van der Waals surface area contributed by atoms with Crippen LogP contribution >= 0.6 is 15.9 Å². The van der Waals surface area contributed by atoms with Gasteiger partial charge in [-0.25, -0.2) is 13.2 Å². The molecule has 0 saturated heterocycles. The number of nitrogens with two attached hydrogens (primary N) is 1. The van der Waals surface area contributed by atoms with Crippen LogP contribution in [-0.2, 0) is 0 Å². The molecule has 2 aromatic rings. The number of para-hydroxylation sites is 1. The SMILES string of the molecule is Nc1c(F)cccc1Nc1c(F)cc(Br)cc1F. The summed E-state index contributed by atoms with van der Waals surface area (Å²) in [4.78, 5) is 0. The van der Waals surface area contributed by atoms with Gasteiger partial charge in [0.05, 0.1) is 11.4 Å². The maximum atomic E-state index is 13.6. The molecule has 0 radical (unpaired) electrons. The minimum absolute atomic E-state index is 0.107. The molecule has 2 aromatic carbocycles. The van der Waals surface area contributed by atoms with Crippen LogP contribution in [0.5, 0.6) is 0 Å². The third-order valence-electron chi connectivity index (χ3n) is 2.32. The standard InChI is InChI=1S/C12H8BrF3N2/c13-6-4-8(15)12(9(16)5-6)18-10-3-1-2-7(14)11(10)17/h1-5,18H,17H2. The molecular formula is C12H8BrF3N2. The molecule has 6 heteroatoms. The molecular weight excluding hydrogens is 309 g/mol. The third-order valence-corrected chi connectivity index (χ3v) is 2.78. The van der Waals surface area contributed by atoms with Gasteiger partial charge in [-0.05, 0) is 24.3 Å². The highest BCUT2D eigenvalue weighted by molar-refractivity contribution is 9.10. The van der Waals surface area contributed by atoms with Crippen LogP contribution in [0.1, 0.15) is 0 Å². The molecule has 94 valence electrons. The number of anilines is 3. The Balaban J connectivity index is 2.43. The number of halogens is 4. The van der Waals surface area contributed by atoms with Gasteiger partial charge in [0.15, 0.2) is 11.6 Å². The molecule has 0 amide bonds. The summed E-state index contributed by atoms with van der Waals surface area (Å²) in [5.41, 5.74) is 5.00. The molecule has 0 atom stereocenters. The summed E-state index contributed by atoms with van der Waals surface area (Å²) in [6.07, 6.45) is 0. The summed E-state index contributed by atoms with van der Waals surface area (Å²) in [6, 6.07) is 6.18. The summed E-state index contributed by atoms with van der Waals surface area (Å²) in [5.74, 6) is -2.26. The van der Waals surface area contributed by atoms with Gasteiger partial charge >= 0.3 is 0 Å². The van der Waals surface area contributed by atoms with Crippen LogP contribution in [0.2, 0.25) is 0 Å². The van der Waals surface area contributed by atoms with Crippen molar-refractivity contribution in [3.05, 3.63) is 52.3 Å². The lowest BCUT2D eigenvalue weighted by atomic mass is 10.2. The van der Waals surface area contributed by atoms with Crippen LogP contribution in [0.25, 0.3) is 0 Å². The second-order valence-corrected chi connectivity index (χ2v) is 4.49. The molecule has 0 heterocycles. The van der Waals surface area contributed by atoms with Gasteiger partial charge in [0, 0.05) is 4.47 Å². The molecule has 2 rings (SSSR count). The van der Waals surface area contributed by atoms with E-state index in [-0.39, 0.29) is 21.5 Å². The molecule has 0 fully saturated rings. The van der Waals surface area contributed by atoms with Crippen molar-refractivity contribution in [3.63, 3.8) is 0 Å². The fraction of sp³-hybridized carbons (Fsp3) is 0. The number of hydrogen-bond acceptors (Lipinski definition) is 2. The predicted molar refractivity (Wildman–Crippen MR) is 68.2 cm³/mol. The van der Waals surface area contributed by atoms with E-state index in [0.717, 1.165) is 18.2 Å². The largest absolute Gasteiger partial charge is 0.395 e. The van der Waals surface area contributed by atoms with Crippen LogP contribution in [0.3, 0.4) is 0 Å². The van der Waals surface area contributed by atoms with Crippen molar-refractivity contribution in [2.75, 3.05) is 11.1 Å². The van der Waals surface area contributed by atoms with Crippen LogP contribution in [-0.4, -0.2) is 0 Å². The molecule has 0 saturated carbocycles. The zero-order valence-electron chi connectivity index (χ0n) is 8.98. The maximum absolute atomic E-state index is 13.6. The average molecular weight is 317 g/mol. The Morgan fingerprint density at radius 1 is 1.00 bits per heavy atom. The topological polar surface area (TPSA) is 38.0 Å². The molecule has 18 heavy (non-hydrogen) atoms. The number of rotatable bonds is 2. The first-order valence-corrected chi connectivity index (χ1v) is 5.74. The number of nitrogens with one attached hydrogen (secondary N) is 1. The van der Waals surface area contributed by atoms with Gasteiger partial charge in [-0.3, -0.25) is 0 Å². The van der Waals surface area contributed by atoms with Crippen molar-refractivity contribution in [1.82, 2.24) is 0 Å². The van der Waals surface area contributed by atoms with Crippen LogP contribution in [0, 0.1) is 17.5 Å². The Kier molecular flexibility index (Phi) is 3.47. The van der Waals surface area contributed by atoms with E-state index in [0.29, 0.717) is 0 Å². The minimum atomic E-state index is -0.800. The van der Waals surface area contributed by atoms with E-state index in [4.69, 9.17) is 5.73 Å². The number of benzene rings is 2. The zero-order valence-corrected chi connectivity index (χ0v) is 10.6. The summed E-state index contributed by atoms with van der Waals surface area (Å²) in [5, 5.41) is 2.44. The molecule has 0 aliphatic rings. The van der Waals surface area contributed by atoms with E-state index in [1.807, 2.05) is 0 Å². The lowest BCUT2D eigenvalue weighted by molar-refractivity contribution is 0.589. The smallest absolute Gasteiger partial charge is 0.150 e. The summed E-state index contributed by atoms with van der Waals surface area (Å²) >= 11 is 2.97. The van der Waals surface area contributed by atoms with E-state index in [1.54, 1.807) is 0 Å². The van der Waals surface area contributed by atoms with Gasteiger partial charge < -0.3 is 11.1 Å². The Morgan fingerprint density at radius 3 is 2.22 bits per heavy atom. The highest BCUT2D eigenvalue weighted by Gasteiger charge is 2.13. The Labute approximate surface area is 110 Å². The molecule has 0 aliphatic heterocycles. The quantitative estimate of drug-likeness (QED) is 0.815. The predicted octanol–water partition coefficient (Wildman–Crippen LogP) is 4.19. The first-order valence-electron chi connectivity index (χ1n) is 4.94. The Morgan fingerprint density at radius 2 is 1.61 bits per heavy atom. The number of nitrogen functional groups attached to an aromatic ring is 1. The Bertz CT molecular complexity index is 579. The molecule has 0 bridgehead atoms. The first-order chi connectivity index (χ1) is 8.49. The monoisotopic (exact) mass is 316 g/mol. The van der Waals surface area contributed by atoms with Crippen LogP contribution < -0.4 is 11.1 Å². The minimum Gasteiger partial charge on any atom is -0.395 e. The number of hydrogen-bond donors (Lipinski definition) is 2. The lowest BCUT2D eigenvalue weighted by Crippen LogP contribution is -2.02. The molecule has 0 spiro atoms. The zero-order chi connectivity index (χ0) is 13.3. The molecule has 0 unspecified atom stereocenters. The van der Waals surface area contributed by atoms with Gasteiger partial charge in [0.25, 0.3) is 0 Å². The molecule has 0 aromatic heterocycles. The van der Waals surface area contributed by atoms with Gasteiger partial charge in [0.1, 0.15) is 11.5 Å². The van der Waals surface area contributed by atoms with Gasteiger partial charge in [0.2, 0.25) is 0 Å². The first kappa shape index (κ1) is 12.8. The van der Waals surface area contributed by atoms with Crippen molar-refractivity contribution in [3.8, 4) is 0 Å². The van der Waals surface area contributed by atoms with Crippen molar-refractivity contribution in [2.24, 2.45) is 0 Å². The van der Waals surface area contributed by atoms with Crippen LogP contribution in [0.15, 0.2) is 34.8 Å². The lowest BCUT2D eigenvalue weighted by Gasteiger charge is -2.11. The normalized spacial score (nSPS) is 10.4. The van der Waals surface area contributed by atoms with Crippen molar-refractivity contribution in [1.29, 1.82) is 0 Å². The second-order valence-electron chi connectivity index (χ2n) is 3.57. The fourth-order valence-electron chi connectivity index (χ4n) is 1.44. The average Bonchev–Trinajstić information content (AvgIpc) is 2.28. The van der Waals surface area contributed by atoms with Gasteiger partial charge in [-0.2, -0.15) is 0 Å². The van der Waals surface area contributed by atoms with Crippen molar-refractivity contribution < 1.29 is 13.2 Å². The van der Waals surface area contributed by atoms with E-state index in [9.17, 15) is 13.2 Å².